The maximum absolute atomic E-state index is 12.5. The van der Waals surface area contributed by atoms with Gasteiger partial charge < -0.3 is 23.6 Å². The van der Waals surface area contributed by atoms with Gasteiger partial charge >= 0.3 is 12.1 Å². The van der Waals surface area contributed by atoms with E-state index in [1.807, 2.05) is 34.6 Å². The second kappa shape index (κ2) is 9.41. The van der Waals surface area contributed by atoms with E-state index in [0.717, 1.165) is 17.0 Å². The van der Waals surface area contributed by atoms with E-state index in [4.69, 9.17) is 18.7 Å². The van der Waals surface area contributed by atoms with Crippen molar-refractivity contribution < 1.29 is 28.3 Å². The highest BCUT2D eigenvalue weighted by molar-refractivity contribution is 5.89. The number of carbonyl (C=O) groups is 2. The molecule has 31 heavy (non-hydrogen) atoms. The maximum atomic E-state index is 12.5. The van der Waals surface area contributed by atoms with Crippen molar-refractivity contribution in [2.75, 3.05) is 13.1 Å². The molecule has 0 unspecified atom stereocenters. The summed E-state index contributed by atoms with van der Waals surface area (Å²) in [5.41, 5.74) is 1.65. The predicted octanol–water partition coefficient (Wildman–Crippen LogP) is 4.43. The highest BCUT2D eigenvalue weighted by Gasteiger charge is 2.28. The third kappa shape index (κ3) is 6.23. The quantitative estimate of drug-likeness (QED) is 0.648. The number of likely N-dealkylation sites (tertiary alicyclic amines) is 1. The standard InChI is InChI=1S/C23H30N2O6/c1-15-20(16(2)31-24-15)14-28-18-8-6-17(7-9-18)21(26)29-19-10-12-25(13-11-19)22(27)30-23(3,4)5/h6-9,19H,10-14H2,1-5H3. The molecule has 0 aliphatic carbocycles. The minimum Gasteiger partial charge on any atom is -0.489 e. The Balaban J connectivity index is 1.46. The lowest BCUT2D eigenvalue weighted by molar-refractivity contribution is -0.00340. The van der Waals surface area contributed by atoms with Crippen LogP contribution >= 0.6 is 0 Å². The third-order valence-electron chi connectivity index (χ3n) is 5.02. The van der Waals surface area contributed by atoms with Crippen LogP contribution in [0.2, 0.25) is 0 Å². The number of aromatic nitrogens is 1. The second-order valence-corrected chi connectivity index (χ2v) is 8.69. The van der Waals surface area contributed by atoms with Crippen molar-refractivity contribution in [2.45, 2.75) is 65.8 Å². The molecule has 0 atom stereocenters. The van der Waals surface area contributed by atoms with Crippen molar-refractivity contribution in [3.63, 3.8) is 0 Å². The molecule has 2 heterocycles. The van der Waals surface area contributed by atoms with Crippen LogP contribution in [-0.4, -0.2) is 46.9 Å². The molecule has 0 N–H and O–H groups in total. The van der Waals surface area contributed by atoms with Crippen LogP contribution in [0.25, 0.3) is 0 Å². The summed E-state index contributed by atoms with van der Waals surface area (Å²) in [4.78, 5) is 26.3. The van der Waals surface area contributed by atoms with Gasteiger partial charge in [-0.15, -0.1) is 0 Å². The van der Waals surface area contributed by atoms with Crippen LogP contribution in [-0.2, 0) is 16.1 Å². The van der Waals surface area contributed by atoms with E-state index in [2.05, 4.69) is 5.16 Å². The summed E-state index contributed by atoms with van der Waals surface area (Å²) < 4.78 is 21.9. The molecular weight excluding hydrogens is 400 g/mol. The van der Waals surface area contributed by atoms with E-state index >= 15 is 0 Å². The molecule has 2 aromatic rings. The first-order valence-electron chi connectivity index (χ1n) is 10.5. The van der Waals surface area contributed by atoms with Gasteiger partial charge in [-0.1, -0.05) is 5.16 Å². The zero-order valence-electron chi connectivity index (χ0n) is 18.8. The van der Waals surface area contributed by atoms with Crippen LogP contribution in [0.5, 0.6) is 5.75 Å². The Bertz CT molecular complexity index is 886. The molecule has 1 aliphatic rings. The van der Waals surface area contributed by atoms with E-state index < -0.39 is 5.60 Å². The van der Waals surface area contributed by atoms with Crippen LogP contribution in [0.3, 0.4) is 0 Å². The van der Waals surface area contributed by atoms with Gasteiger partial charge in [-0.2, -0.15) is 0 Å². The summed E-state index contributed by atoms with van der Waals surface area (Å²) in [5, 5.41) is 3.91. The first-order valence-corrected chi connectivity index (χ1v) is 10.5. The van der Waals surface area contributed by atoms with Gasteiger partial charge in [0.15, 0.2) is 0 Å². The minimum absolute atomic E-state index is 0.221. The van der Waals surface area contributed by atoms with Gasteiger partial charge in [0, 0.05) is 25.9 Å². The Kier molecular flexibility index (Phi) is 6.87. The Morgan fingerprint density at radius 3 is 2.32 bits per heavy atom. The molecule has 1 saturated heterocycles. The number of hydrogen-bond acceptors (Lipinski definition) is 7. The first kappa shape index (κ1) is 22.7. The molecule has 1 fully saturated rings. The normalized spacial score (nSPS) is 14.9. The average Bonchev–Trinajstić information content (AvgIpc) is 3.03. The summed E-state index contributed by atoms with van der Waals surface area (Å²) in [6.07, 6.45) is 0.624. The van der Waals surface area contributed by atoms with E-state index in [1.54, 1.807) is 29.2 Å². The minimum atomic E-state index is -0.524. The molecule has 1 aromatic carbocycles. The summed E-state index contributed by atoms with van der Waals surface area (Å²) in [6.45, 7) is 10.6. The molecule has 0 radical (unpaired) electrons. The van der Waals surface area contributed by atoms with Crippen molar-refractivity contribution >= 4 is 12.1 Å². The fourth-order valence-corrected chi connectivity index (χ4v) is 3.25. The van der Waals surface area contributed by atoms with Crippen LogP contribution in [0.15, 0.2) is 28.8 Å². The second-order valence-electron chi connectivity index (χ2n) is 8.69. The van der Waals surface area contributed by atoms with E-state index in [1.165, 1.54) is 0 Å². The molecule has 8 nitrogen and oxygen atoms in total. The zero-order valence-corrected chi connectivity index (χ0v) is 18.8. The van der Waals surface area contributed by atoms with E-state index in [0.29, 0.717) is 43.9 Å². The summed E-state index contributed by atoms with van der Waals surface area (Å²) >= 11 is 0. The highest BCUT2D eigenvalue weighted by Crippen LogP contribution is 2.21. The number of nitrogens with zero attached hydrogens (tertiary/aromatic N) is 2. The molecule has 1 aliphatic heterocycles. The van der Waals surface area contributed by atoms with Crippen molar-refractivity contribution in [3.05, 3.63) is 46.8 Å². The SMILES string of the molecule is Cc1noc(C)c1COc1ccc(C(=O)OC2CCN(C(=O)OC(C)(C)C)CC2)cc1. The Morgan fingerprint density at radius 1 is 1.13 bits per heavy atom. The average molecular weight is 431 g/mol. The molecule has 0 spiro atoms. The van der Waals surface area contributed by atoms with E-state index in [-0.39, 0.29) is 18.2 Å². The zero-order chi connectivity index (χ0) is 22.6. The van der Waals surface area contributed by atoms with Crippen LogP contribution in [0, 0.1) is 13.8 Å². The fraction of sp³-hybridized carbons (Fsp3) is 0.522. The first-order chi connectivity index (χ1) is 14.6. The van der Waals surface area contributed by atoms with Gasteiger partial charge in [-0.3, -0.25) is 0 Å². The van der Waals surface area contributed by atoms with Crippen LogP contribution in [0.1, 0.15) is 61.0 Å². The number of ether oxygens (including phenoxy) is 3. The number of aryl methyl sites for hydroxylation is 2. The summed E-state index contributed by atoms with van der Waals surface area (Å²) in [5.74, 6) is 0.991. The van der Waals surface area contributed by atoms with Crippen molar-refractivity contribution in [1.29, 1.82) is 0 Å². The topological polar surface area (TPSA) is 91.1 Å². The van der Waals surface area contributed by atoms with Crippen molar-refractivity contribution in [3.8, 4) is 5.75 Å². The number of esters is 1. The van der Waals surface area contributed by atoms with Gasteiger partial charge in [-0.05, 0) is 58.9 Å². The van der Waals surface area contributed by atoms with Crippen LogP contribution < -0.4 is 4.74 Å². The third-order valence-corrected chi connectivity index (χ3v) is 5.02. The number of amides is 1. The number of benzene rings is 1. The summed E-state index contributed by atoms with van der Waals surface area (Å²) in [6, 6.07) is 6.83. The van der Waals surface area contributed by atoms with Gasteiger partial charge in [0.05, 0.1) is 16.8 Å². The molecule has 1 aromatic heterocycles. The van der Waals surface area contributed by atoms with Crippen LogP contribution in [0.4, 0.5) is 4.79 Å². The Morgan fingerprint density at radius 2 is 1.77 bits per heavy atom. The molecule has 3 rings (SSSR count). The van der Waals surface area contributed by atoms with E-state index in [9.17, 15) is 9.59 Å². The molecule has 1 amide bonds. The highest BCUT2D eigenvalue weighted by atomic mass is 16.6. The number of rotatable bonds is 5. The van der Waals surface area contributed by atoms with Crippen molar-refractivity contribution in [2.24, 2.45) is 0 Å². The predicted molar refractivity (Wildman–Crippen MR) is 113 cm³/mol. The lowest BCUT2D eigenvalue weighted by atomic mass is 10.1. The monoisotopic (exact) mass is 430 g/mol. The molecule has 8 heteroatoms. The fourth-order valence-electron chi connectivity index (χ4n) is 3.25. The molecular formula is C23H30N2O6. The Hall–Kier alpha value is -3.03. The van der Waals surface area contributed by atoms with Gasteiger partial charge in [0.2, 0.25) is 0 Å². The number of hydrogen-bond donors (Lipinski definition) is 0. The van der Waals surface area contributed by atoms with Gasteiger partial charge in [-0.25, -0.2) is 9.59 Å². The maximum Gasteiger partial charge on any atom is 0.410 e. The Labute approximate surface area is 182 Å². The lowest BCUT2D eigenvalue weighted by Crippen LogP contribution is -2.43. The summed E-state index contributed by atoms with van der Waals surface area (Å²) in [7, 11) is 0. The largest absolute Gasteiger partial charge is 0.489 e. The number of piperidine rings is 1. The van der Waals surface area contributed by atoms with Gasteiger partial charge in [0.1, 0.15) is 29.8 Å². The van der Waals surface area contributed by atoms with Gasteiger partial charge in [0.25, 0.3) is 0 Å². The molecule has 168 valence electrons. The smallest absolute Gasteiger partial charge is 0.410 e. The number of carbonyl (C=O) groups excluding carboxylic acids is 2. The molecule has 0 saturated carbocycles. The lowest BCUT2D eigenvalue weighted by Gasteiger charge is -2.33. The molecule has 0 bridgehead atoms. The van der Waals surface area contributed by atoms with Crippen molar-refractivity contribution in [1.82, 2.24) is 10.1 Å².